The first kappa shape index (κ1) is 29.5. The highest BCUT2D eigenvalue weighted by atomic mass is 79.9. The molecule has 1 fully saturated rings. The first-order chi connectivity index (χ1) is 18.1. The molecule has 2 N–H and O–H groups in total. The second kappa shape index (κ2) is 10.8. The molecule has 0 bridgehead atoms. The number of nitrogens with one attached hydrogen (secondary N) is 2. The van der Waals surface area contributed by atoms with Crippen LogP contribution in [0, 0.1) is 0 Å². The van der Waals surface area contributed by atoms with Crippen molar-refractivity contribution in [2.45, 2.75) is 46.1 Å². The van der Waals surface area contributed by atoms with Gasteiger partial charge in [0.2, 0.25) is 0 Å². The maximum atomic E-state index is 13.6. The lowest BCUT2D eigenvalue weighted by Crippen LogP contribution is -2.35. The number of sulfonamides is 1. The summed E-state index contributed by atoms with van der Waals surface area (Å²) in [5.74, 6) is -0.513. The Bertz CT molecular complexity index is 1480. The van der Waals surface area contributed by atoms with Crippen LogP contribution in [-0.2, 0) is 22.4 Å². The van der Waals surface area contributed by atoms with Gasteiger partial charge >= 0.3 is 12.4 Å². The average molecular weight is 656 g/mol. The molecule has 1 aliphatic rings. The second-order valence-electron chi connectivity index (χ2n) is 8.88. The summed E-state index contributed by atoms with van der Waals surface area (Å²) in [6.07, 6.45) is -7.79. The Kier molecular flexibility index (Phi) is 8.18. The minimum atomic E-state index is -4.73. The van der Waals surface area contributed by atoms with Gasteiger partial charge in [-0.15, -0.1) is 0 Å². The van der Waals surface area contributed by atoms with Gasteiger partial charge in [0, 0.05) is 30.1 Å². The molecule has 2 heterocycles. The van der Waals surface area contributed by atoms with Crippen LogP contribution in [0.4, 0.5) is 32.0 Å². The standard InChI is InChI=1S/C24H20BrF6N3O3S2/c1-22(7-8-32-13-22)37-20-10-15(5-6-18(20)24(29,30)31)34-39(35,36)17-11-19(25)21(33-12-17)38-16-4-2-3-14(9-16)23(26,27)28/h2-6,9-12,32,34H,7-8,13H2,1H3/t22-/m1/s1. The molecule has 1 aliphatic heterocycles. The highest BCUT2D eigenvalue weighted by molar-refractivity contribution is 9.10. The topological polar surface area (TPSA) is 80.3 Å². The van der Waals surface area contributed by atoms with E-state index >= 15 is 0 Å². The van der Waals surface area contributed by atoms with Gasteiger partial charge in [0.15, 0.2) is 0 Å². The molecular weight excluding hydrogens is 636 g/mol. The van der Waals surface area contributed by atoms with E-state index in [4.69, 9.17) is 4.74 Å². The van der Waals surface area contributed by atoms with E-state index in [2.05, 4.69) is 31.0 Å². The minimum absolute atomic E-state index is 0.161. The van der Waals surface area contributed by atoms with Gasteiger partial charge in [-0.3, -0.25) is 4.72 Å². The predicted molar refractivity (Wildman–Crippen MR) is 136 cm³/mol. The van der Waals surface area contributed by atoms with Crippen LogP contribution in [0.5, 0.6) is 5.75 Å². The lowest BCUT2D eigenvalue weighted by atomic mass is 10.1. The lowest BCUT2D eigenvalue weighted by molar-refractivity contribution is -0.140. The fraction of sp³-hybridized carbons (Fsp3) is 0.292. The van der Waals surface area contributed by atoms with Gasteiger partial charge in [0.05, 0.1) is 21.3 Å². The summed E-state index contributed by atoms with van der Waals surface area (Å²) < 4.78 is 114. The van der Waals surface area contributed by atoms with Gasteiger partial charge in [-0.05, 0) is 65.8 Å². The van der Waals surface area contributed by atoms with Gasteiger partial charge < -0.3 is 10.1 Å². The summed E-state index contributed by atoms with van der Waals surface area (Å²) in [7, 11) is -4.31. The third-order valence-corrected chi connectivity index (χ3v) is 8.92. The van der Waals surface area contributed by atoms with Crippen LogP contribution in [0.25, 0.3) is 0 Å². The van der Waals surface area contributed by atoms with Crippen molar-refractivity contribution in [1.29, 1.82) is 0 Å². The number of alkyl halides is 6. The zero-order valence-corrected chi connectivity index (χ0v) is 23.2. The van der Waals surface area contributed by atoms with Crippen LogP contribution in [0.15, 0.2) is 74.0 Å². The Morgan fingerprint density at radius 1 is 1.08 bits per heavy atom. The molecule has 0 spiro atoms. The monoisotopic (exact) mass is 655 g/mol. The van der Waals surface area contributed by atoms with Gasteiger partial charge in [0.1, 0.15) is 21.3 Å². The number of nitrogens with zero attached hydrogens (tertiary/aromatic N) is 1. The third kappa shape index (κ3) is 7.18. The summed E-state index contributed by atoms with van der Waals surface area (Å²) >= 11 is 4.08. The maximum Gasteiger partial charge on any atom is 0.419 e. The van der Waals surface area contributed by atoms with Crippen molar-refractivity contribution < 1.29 is 39.5 Å². The summed E-state index contributed by atoms with van der Waals surface area (Å²) in [4.78, 5) is 3.96. The second-order valence-corrected chi connectivity index (χ2v) is 12.5. The minimum Gasteiger partial charge on any atom is -0.485 e. The fourth-order valence-electron chi connectivity index (χ4n) is 3.74. The molecule has 0 unspecified atom stereocenters. The molecule has 39 heavy (non-hydrogen) atoms. The number of benzene rings is 2. The first-order valence-corrected chi connectivity index (χ1v) is 14.3. The van der Waals surface area contributed by atoms with Crippen molar-refractivity contribution in [3.05, 3.63) is 70.3 Å². The molecular formula is C24H20BrF6N3O3S2. The number of anilines is 1. The first-order valence-electron chi connectivity index (χ1n) is 11.2. The molecule has 0 amide bonds. The van der Waals surface area contributed by atoms with Crippen molar-refractivity contribution >= 4 is 43.4 Å². The largest absolute Gasteiger partial charge is 0.485 e. The van der Waals surface area contributed by atoms with Crippen LogP contribution in [-0.4, -0.2) is 32.1 Å². The molecule has 0 aliphatic carbocycles. The number of halogens is 7. The van der Waals surface area contributed by atoms with Gasteiger partial charge in [-0.1, -0.05) is 17.8 Å². The van der Waals surface area contributed by atoms with Crippen LogP contribution < -0.4 is 14.8 Å². The number of ether oxygens (including phenoxy) is 1. The number of hydrogen-bond donors (Lipinski definition) is 2. The molecule has 1 saturated heterocycles. The summed E-state index contributed by atoms with van der Waals surface area (Å²) in [5.41, 5.74) is -2.95. The predicted octanol–water partition coefficient (Wildman–Crippen LogP) is 6.96. The van der Waals surface area contributed by atoms with Crippen LogP contribution >= 0.6 is 27.7 Å². The normalized spacial score (nSPS) is 18.3. The smallest absolute Gasteiger partial charge is 0.419 e. The molecule has 3 aromatic rings. The highest BCUT2D eigenvalue weighted by Crippen LogP contribution is 2.41. The lowest BCUT2D eigenvalue weighted by Gasteiger charge is -2.27. The molecule has 0 saturated carbocycles. The van der Waals surface area contributed by atoms with Crippen LogP contribution in [0.2, 0.25) is 0 Å². The van der Waals surface area contributed by atoms with E-state index in [0.29, 0.717) is 19.5 Å². The van der Waals surface area contributed by atoms with Gasteiger partial charge in [0.25, 0.3) is 10.0 Å². The molecule has 1 atom stereocenters. The van der Waals surface area contributed by atoms with Crippen molar-refractivity contribution in [2.75, 3.05) is 17.8 Å². The molecule has 210 valence electrons. The van der Waals surface area contributed by atoms with Gasteiger partial charge in [-0.25, -0.2) is 13.4 Å². The summed E-state index contributed by atoms with van der Waals surface area (Å²) in [6, 6.07) is 8.45. The van der Waals surface area contributed by atoms with Crippen LogP contribution in [0.1, 0.15) is 24.5 Å². The van der Waals surface area contributed by atoms with Crippen molar-refractivity contribution in [3.63, 3.8) is 0 Å². The quantitative estimate of drug-likeness (QED) is 0.268. The van der Waals surface area contributed by atoms with E-state index in [1.165, 1.54) is 18.2 Å². The molecule has 1 aromatic heterocycles. The number of rotatable bonds is 7. The summed E-state index contributed by atoms with van der Waals surface area (Å²) in [5, 5.41) is 3.22. The molecule has 6 nitrogen and oxygen atoms in total. The van der Waals surface area contributed by atoms with Gasteiger partial charge in [-0.2, -0.15) is 26.3 Å². The Morgan fingerprint density at radius 3 is 2.44 bits per heavy atom. The Morgan fingerprint density at radius 2 is 1.82 bits per heavy atom. The van der Waals surface area contributed by atoms with E-state index in [0.717, 1.165) is 48.3 Å². The van der Waals surface area contributed by atoms with E-state index in [9.17, 15) is 34.8 Å². The van der Waals surface area contributed by atoms with E-state index < -0.39 is 44.9 Å². The zero-order valence-electron chi connectivity index (χ0n) is 20.0. The fourth-order valence-corrected chi connectivity index (χ4v) is 6.32. The Labute approximate surface area is 232 Å². The average Bonchev–Trinajstić information content (AvgIpc) is 3.25. The van der Waals surface area contributed by atoms with Crippen molar-refractivity contribution in [2.24, 2.45) is 0 Å². The molecule has 0 radical (unpaired) electrons. The number of aromatic nitrogens is 1. The molecule has 15 heteroatoms. The number of pyridine rings is 1. The highest BCUT2D eigenvalue weighted by Gasteiger charge is 2.38. The summed E-state index contributed by atoms with van der Waals surface area (Å²) in [6.45, 7) is 2.55. The maximum absolute atomic E-state index is 13.6. The van der Waals surface area contributed by atoms with E-state index in [-0.39, 0.29) is 25.0 Å². The third-order valence-electron chi connectivity index (χ3n) is 5.69. The Hall–Kier alpha value is -2.49. The van der Waals surface area contributed by atoms with Crippen molar-refractivity contribution in [3.8, 4) is 5.75 Å². The van der Waals surface area contributed by atoms with E-state index in [1.807, 2.05) is 0 Å². The van der Waals surface area contributed by atoms with Crippen molar-refractivity contribution in [1.82, 2.24) is 10.3 Å². The van der Waals surface area contributed by atoms with E-state index in [1.54, 1.807) is 6.92 Å². The number of hydrogen-bond acceptors (Lipinski definition) is 6. The zero-order chi connectivity index (χ0) is 28.6. The molecule has 2 aromatic carbocycles. The van der Waals surface area contributed by atoms with Crippen LogP contribution in [0.3, 0.4) is 0 Å². The Balaban J connectivity index is 1.57. The SMILES string of the molecule is C[C@@]1(Oc2cc(NS(=O)(=O)c3cnc(Sc4cccc(C(F)(F)F)c4)c(Br)c3)ccc2C(F)(F)F)CCNC1. The molecule has 4 rings (SSSR count).